The van der Waals surface area contributed by atoms with Crippen LogP contribution < -0.4 is 4.74 Å². The normalized spacial score (nSPS) is 26.9. The summed E-state index contributed by atoms with van der Waals surface area (Å²) in [6.45, 7) is -0.703. The SMILES string of the molecule is CCC1CC[C@@H]2C[C@H](c3ccc(-c4ccc(OC(F)F)c(F)c4)cc3)CC[C@@H]2C1. The molecule has 2 aromatic carbocycles. The molecule has 29 heavy (non-hydrogen) atoms. The van der Waals surface area contributed by atoms with Crippen molar-refractivity contribution in [3.05, 3.63) is 53.8 Å². The van der Waals surface area contributed by atoms with Crippen molar-refractivity contribution in [2.75, 3.05) is 0 Å². The predicted molar refractivity (Wildman–Crippen MR) is 110 cm³/mol. The van der Waals surface area contributed by atoms with E-state index in [-0.39, 0.29) is 0 Å². The lowest BCUT2D eigenvalue weighted by molar-refractivity contribution is -0.0521. The van der Waals surface area contributed by atoms with E-state index in [1.807, 2.05) is 12.1 Å². The number of rotatable bonds is 5. The van der Waals surface area contributed by atoms with Crippen molar-refractivity contribution in [3.8, 4) is 16.9 Å². The zero-order chi connectivity index (χ0) is 20.4. The van der Waals surface area contributed by atoms with Crippen LogP contribution in [0.25, 0.3) is 11.1 Å². The molecule has 1 unspecified atom stereocenters. The van der Waals surface area contributed by atoms with Crippen molar-refractivity contribution in [2.45, 2.75) is 64.4 Å². The molecule has 0 radical (unpaired) electrons. The highest BCUT2D eigenvalue weighted by atomic mass is 19.3. The Kier molecular flexibility index (Phi) is 6.17. The first-order chi connectivity index (χ1) is 14.0. The van der Waals surface area contributed by atoms with Gasteiger partial charge < -0.3 is 4.74 Å². The van der Waals surface area contributed by atoms with Gasteiger partial charge in [0.1, 0.15) is 0 Å². The molecule has 0 aliphatic heterocycles. The van der Waals surface area contributed by atoms with Gasteiger partial charge in [0.05, 0.1) is 0 Å². The van der Waals surface area contributed by atoms with Crippen LogP contribution in [0.5, 0.6) is 5.75 Å². The lowest BCUT2D eigenvalue weighted by Crippen LogP contribution is -2.30. The predicted octanol–water partition coefficient (Wildman–Crippen LogP) is 7.80. The molecule has 2 saturated carbocycles. The average molecular weight is 403 g/mol. The molecule has 0 amide bonds. The van der Waals surface area contributed by atoms with Crippen molar-refractivity contribution in [1.29, 1.82) is 0 Å². The van der Waals surface area contributed by atoms with E-state index in [0.29, 0.717) is 11.5 Å². The van der Waals surface area contributed by atoms with Gasteiger partial charge in [0, 0.05) is 0 Å². The fourth-order valence-corrected chi connectivity index (χ4v) is 5.48. The monoisotopic (exact) mass is 402 g/mol. The Hall–Kier alpha value is -1.97. The van der Waals surface area contributed by atoms with Gasteiger partial charge >= 0.3 is 6.61 Å². The lowest BCUT2D eigenvalue weighted by atomic mass is 9.63. The largest absolute Gasteiger partial charge is 0.432 e. The van der Waals surface area contributed by atoms with E-state index in [2.05, 4.69) is 23.8 Å². The second-order valence-corrected chi connectivity index (χ2v) is 8.76. The highest BCUT2D eigenvalue weighted by Crippen LogP contribution is 2.48. The van der Waals surface area contributed by atoms with Gasteiger partial charge in [-0.05, 0) is 84.6 Å². The van der Waals surface area contributed by atoms with E-state index in [1.165, 1.54) is 62.6 Å². The summed E-state index contributed by atoms with van der Waals surface area (Å²) in [5.74, 6) is 2.14. The number of ether oxygens (including phenoxy) is 1. The number of benzene rings is 2. The molecular formula is C25H29F3O. The molecule has 4 heteroatoms. The van der Waals surface area contributed by atoms with Crippen LogP contribution in [-0.2, 0) is 0 Å². The van der Waals surface area contributed by atoms with Crippen molar-refractivity contribution >= 4 is 0 Å². The van der Waals surface area contributed by atoms with Gasteiger partial charge in [-0.1, -0.05) is 50.1 Å². The lowest BCUT2D eigenvalue weighted by Gasteiger charge is -2.42. The Bertz CT molecular complexity index is 817. The molecule has 2 aliphatic rings. The molecule has 2 fully saturated rings. The molecule has 0 aromatic heterocycles. The molecule has 156 valence electrons. The summed E-state index contributed by atoms with van der Waals surface area (Å²) < 4.78 is 42.8. The van der Waals surface area contributed by atoms with Gasteiger partial charge in [-0.15, -0.1) is 0 Å². The fraction of sp³-hybridized carbons (Fsp3) is 0.520. The minimum Gasteiger partial charge on any atom is -0.432 e. The van der Waals surface area contributed by atoms with Crippen molar-refractivity contribution in [3.63, 3.8) is 0 Å². The third kappa shape index (κ3) is 4.62. The van der Waals surface area contributed by atoms with Crippen LogP contribution in [0.4, 0.5) is 13.2 Å². The number of hydrogen-bond acceptors (Lipinski definition) is 1. The minimum atomic E-state index is -3.03. The van der Waals surface area contributed by atoms with Crippen LogP contribution in [0.3, 0.4) is 0 Å². The zero-order valence-corrected chi connectivity index (χ0v) is 16.9. The maximum absolute atomic E-state index is 14.0. The van der Waals surface area contributed by atoms with E-state index in [1.54, 1.807) is 6.07 Å². The van der Waals surface area contributed by atoms with Gasteiger partial charge in [-0.25, -0.2) is 4.39 Å². The highest BCUT2D eigenvalue weighted by Gasteiger charge is 2.35. The van der Waals surface area contributed by atoms with Crippen molar-refractivity contribution in [1.82, 2.24) is 0 Å². The van der Waals surface area contributed by atoms with Gasteiger partial charge in [-0.2, -0.15) is 8.78 Å². The second-order valence-electron chi connectivity index (χ2n) is 8.76. The molecule has 4 rings (SSSR count). The summed E-state index contributed by atoms with van der Waals surface area (Å²) >= 11 is 0. The third-order valence-electron chi connectivity index (χ3n) is 7.16. The standard InChI is InChI=1S/C25H29F3O/c1-2-16-3-4-21-14-20(10-9-19(21)13-16)17-5-7-18(8-6-17)22-11-12-24(23(26)15-22)29-25(27)28/h5-8,11-12,15-16,19-21,25H,2-4,9-10,13-14H2,1H3/t16?,19-,20-,21-/m1/s1. The van der Waals surface area contributed by atoms with Gasteiger partial charge in [0.15, 0.2) is 11.6 Å². The van der Waals surface area contributed by atoms with Crippen LogP contribution in [0.1, 0.15) is 63.4 Å². The summed E-state index contributed by atoms with van der Waals surface area (Å²) in [6, 6.07) is 12.5. The third-order valence-corrected chi connectivity index (χ3v) is 7.16. The summed E-state index contributed by atoms with van der Waals surface area (Å²) in [4.78, 5) is 0. The Balaban J connectivity index is 1.43. The Labute approximate surface area is 171 Å². The molecule has 1 nitrogen and oxygen atoms in total. The fourth-order valence-electron chi connectivity index (χ4n) is 5.48. The molecule has 0 N–H and O–H groups in total. The van der Waals surface area contributed by atoms with E-state index in [0.717, 1.165) is 23.3 Å². The Morgan fingerprint density at radius 2 is 1.59 bits per heavy atom. The van der Waals surface area contributed by atoms with Crippen LogP contribution in [0.15, 0.2) is 42.5 Å². The number of hydrogen-bond donors (Lipinski definition) is 0. The van der Waals surface area contributed by atoms with Crippen molar-refractivity contribution < 1.29 is 17.9 Å². The van der Waals surface area contributed by atoms with Gasteiger partial charge in [0.25, 0.3) is 0 Å². The molecule has 0 bridgehead atoms. The summed E-state index contributed by atoms with van der Waals surface area (Å²) in [7, 11) is 0. The summed E-state index contributed by atoms with van der Waals surface area (Å²) in [6.07, 6.45) is 9.39. The number of halogens is 3. The second kappa shape index (κ2) is 8.81. The molecular weight excluding hydrogens is 373 g/mol. The smallest absolute Gasteiger partial charge is 0.387 e. The topological polar surface area (TPSA) is 9.23 Å². The quantitative estimate of drug-likeness (QED) is 0.496. The van der Waals surface area contributed by atoms with E-state index in [4.69, 9.17) is 0 Å². The highest BCUT2D eigenvalue weighted by molar-refractivity contribution is 5.64. The van der Waals surface area contributed by atoms with Crippen LogP contribution >= 0.6 is 0 Å². The maximum Gasteiger partial charge on any atom is 0.387 e. The first-order valence-corrected chi connectivity index (χ1v) is 10.9. The van der Waals surface area contributed by atoms with Crippen LogP contribution in [0.2, 0.25) is 0 Å². The van der Waals surface area contributed by atoms with Crippen molar-refractivity contribution in [2.24, 2.45) is 17.8 Å². The molecule has 2 aliphatic carbocycles. The zero-order valence-electron chi connectivity index (χ0n) is 16.9. The first kappa shape index (κ1) is 20.3. The van der Waals surface area contributed by atoms with Gasteiger partial charge in [-0.3, -0.25) is 0 Å². The molecule has 0 heterocycles. The van der Waals surface area contributed by atoms with Crippen LogP contribution in [-0.4, -0.2) is 6.61 Å². The van der Waals surface area contributed by atoms with E-state index < -0.39 is 18.2 Å². The molecule has 4 atom stereocenters. The summed E-state index contributed by atoms with van der Waals surface area (Å²) in [5, 5.41) is 0. The molecule has 2 aromatic rings. The first-order valence-electron chi connectivity index (χ1n) is 10.9. The summed E-state index contributed by atoms with van der Waals surface area (Å²) in [5.41, 5.74) is 2.91. The average Bonchev–Trinajstić information content (AvgIpc) is 2.74. The Morgan fingerprint density at radius 3 is 2.28 bits per heavy atom. The maximum atomic E-state index is 14.0. The Morgan fingerprint density at radius 1 is 0.897 bits per heavy atom. The number of fused-ring (bicyclic) bond motifs is 1. The number of alkyl halides is 2. The minimum absolute atomic E-state index is 0.421. The van der Waals surface area contributed by atoms with Crippen LogP contribution in [0, 0.1) is 23.6 Å². The van der Waals surface area contributed by atoms with E-state index in [9.17, 15) is 13.2 Å². The van der Waals surface area contributed by atoms with E-state index >= 15 is 0 Å². The van der Waals surface area contributed by atoms with Gasteiger partial charge in [0.2, 0.25) is 0 Å². The molecule has 0 spiro atoms. The molecule has 0 saturated heterocycles.